The normalized spacial score (nSPS) is 12.0. The highest BCUT2D eigenvalue weighted by molar-refractivity contribution is 9.10. The Morgan fingerprint density at radius 3 is 2.65 bits per heavy atom. The fourth-order valence-electron chi connectivity index (χ4n) is 1.66. The van der Waals surface area contributed by atoms with Gasteiger partial charge in [0.1, 0.15) is 4.90 Å². The highest BCUT2D eigenvalue weighted by atomic mass is 79.9. The van der Waals surface area contributed by atoms with Crippen molar-refractivity contribution in [1.82, 2.24) is 4.31 Å². The lowest BCUT2D eigenvalue weighted by molar-refractivity contribution is 0.470. The molecule has 2 aromatic rings. The molecule has 8 heteroatoms. The van der Waals surface area contributed by atoms with Crippen molar-refractivity contribution < 1.29 is 8.42 Å². The highest BCUT2D eigenvalue weighted by Gasteiger charge is 2.23. The van der Waals surface area contributed by atoms with Gasteiger partial charge in [0.25, 0.3) is 0 Å². The Morgan fingerprint density at radius 2 is 2.10 bits per heavy atom. The van der Waals surface area contributed by atoms with E-state index in [0.717, 1.165) is 9.35 Å². The van der Waals surface area contributed by atoms with Gasteiger partial charge in [-0.3, -0.25) is 0 Å². The first kappa shape index (κ1) is 15.8. The lowest BCUT2D eigenvalue weighted by atomic mass is 10.3. The summed E-state index contributed by atoms with van der Waals surface area (Å²) in [4.78, 5) is 1.01. The van der Waals surface area contributed by atoms with Crippen LogP contribution < -0.4 is 5.73 Å². The Kier molecular flexibility index (Phi) is 4.76. The quantitative estimate of drug-likeness (QED) is 0.805. The SMILES string of the molecule is CN(Cc1cc(Br)cs1)S(=O)(=O)c1ccc(Cl)cc1N. The van der Waals surface area contributed by atoms with E-state index >= 15 is 0 Å². The molecule has 0 saturated heterocycles. The Morgan fingerprint density at radius 1 is 1.40 bits per heavy atom. The molecular formula is C12H12BrClN2O2S2. The van der Waals surface area contributed by atoms with Gasteiger partial charge in [0.2, 0.25) is 10.0 Å². The minimum atomic E-state index is -3.63. The number of nitrogens with zero attached hydrogens (tertiary/aromatic N) is 1. The fraction of sp³-hybridized carbons (Fsp3) is 0.167. The maximum Gasteiger partial charge on any atom is 0.245 e. The molecule has 2 rings (SSSR count). The highest BCUT2D eigenvalue weighted by Crippen LogP contribution is 2.27. The van der Waals surface area contributed by atoms with E-state index in [1.54, 1.807) is 0 Å². The van der Waals surface area contributed by atoms with Crippen LogP contribution in [-0.2, 0) is 16.6 Å². The number of benzene rings is 1. The number of halogens is 2. The first-order valence-corrected chi connectivity index (χ1v) is 9.04. The maximum absolute atomic E-state index is 12.5. The Hall–Kier alpha value is -0.600. The number of nitrogen functional groups attached to an aromatic ring is 1. The largest absolute Gasteiger partial charge is 0.398 e. The van der Waals surface area contributed by atoms with Gasteiger partial charge < -0.3 is 5.73 Å². The second-order valence-electron chi connectivity index (χ2n) is 4.17. The van der Waals surface area contributed by atoms with Crippen LogP contribution in [-0.4, -0.2) is 19.8 Å². The number of sulfonamides is 1. The van der Waals surface area contributed by atoms with Gasteiger partial charge in [-0.15, -0.1) is 11.3 Å². The van der Waals surface area contributed by atoms with Crippen LogP contribution in [0.5, 0.6) is 0 Å². The predicted molar refractivity (Wildman–Crippen MR) is 86.5 cm³/mol. The van der Waals surface area contributed by atoms with Crippen LogP contribution in [0, 0.1) is 0 Å². The van der Waals surface area contributed by atoms with Crippen LogP contribution in [0.15, 0.2) is 39.0 Å². The summed E-state index contributed by atoms with van der Waals surface area (Å²) in [5, 5.41) is 2.32. The summed E-state index contributed by atoms with van der Waals surface area (Å²) >= 11 is 10.6. The van der Waals surface area contributed by atoms with Crippen LogP contribution in [0.4, 0.5) is 5.69 Å². The van der Waals surface area contributed by atoms with Crippen molar-refractivity contribution in [3.05, 3.63) is 44.0 Å². The molecule has 0 atom stereocenters. The Bertz CT molecular complexity index is 731. The van der Waals surface area contributed by atoms with E-state index in [-0.39, 0.29) is 10.6 Å². The van der Waals surface area contributed by atoms with Crippen LogP contribution >= 0.6 is 38.9 Å². The second kappa shape index (κ2) is 6.03. The van der Waals surface area contributed by atoms with Crippen LogP contribution in [0.3, 0.4) is 0 Å². The van der Waals surface area contributed by atoms with E-state index in [9.17, 15) is 8.42 Å². The molecule has 0 unspecified atom stereocenters. The van der Waals surface area contributed by atoms with Crippen molar-refractivity contribution in [2.75, 3.05) is 12.8 Å². The van der Waals surface area contributed by atoms with Gasteiger partial charge in [-0.2, -0.15) is 4.31 Å². The van der Waals surface area contributed by atoms with E-state index < -0.39 is 10.0 Å². The number of hydrogen-bond acceptors (Lipinski definition) is 4. The van der Waals surface area contributed by atoms with Crippen molar-refractivity contribution >= 4 is 54.6 Å². The standard InChI is InChI=1S/C12H12BrClN2O2S2/c1-16(6-10-4-8(13)7-19-10)20(17,18)12-3-2-9(14)5-11(12)15/h2-5,7H,6,15H2,1H3. The number of anilines is 1. The van der Waals surface area contributed by atoms with Crippen molar-refractivity contribution in [3.8, 4) is 0 Å². The molecular weight excluding hydrogens is 384 g/mol. The minimum absolute atomic E-state index is 0.0695. The van der Waals surface area contributed by atoms with Gasteiger partial charge in [-0.1, -0.05) is 11.6 Å². The average molecular weight is 396 g/mol. The predicted octanol–water partition coefficient (Wildman–Crippen LogP) is 3.57. The fourth-order valence-corrected chi connectivity index (χ4v) is 4.67. The van der Waals surface area contributed by atoms with Gasteiger partial charge in [0.15, 0.2) is 0 Å². The van der Waals surface area contributed by atoms with Gasteiger partial charge in [0, 0.05) is 33.3 Å². The van der Waals surface area contributed by atoms with E-state index in [4.69, 9.17) is 17.3 Å². The third kappa shape index (κ3) is 3.35. The molecule has 0 fully saturated rings. The average Bonchev–Trinajstić information content (AvgIpc) is 2.74. The topological polar surface area (TPSA) is 63.4 Å². The van der Waals surface area contributed by atoms with Gasteiger partial charge >= 0.3 is 0 Å². The zero-order valence-electron chi connectivity index (χ0n) is 10.5. The summed E-state index contributed by atoms with van der Waals surface area (Å²) in [6.45, 7) is 0.292. The molecule has 0 aliphatic heterocycles. The summed E-state index contributed by atoms with van der Waals surface area (Å²) in [5.74, 6) is 0. The molecule has 0 amide bonds. The molecule has 0 radical (unpaired) electrons. The molecule has 4 nitrogen and oxygen atoms in total. The molecule has 1 aromatic carbocycles. The van der Waals surface area contributed by atoms with E-state index in [0.29, 0.717) is 11.6 Å². The third-order valence-electron chi connectivity index (χ3n) is 2.66. The minimum Gasteiger partial charge on any atom is -0.398 e. The molecule has 108 valence electrons. The first-order chi connectivity index (χ1) is 9.30. The molecule has 0 aliphatic rings. The number of rotatable bonds is 4. The van der Waals surface area contributed by atoms with Crippen molar-refractivity contribution in [2.24, 2.45) is 0 Å². The van der Waals surface area contributed by atoms with Crippen LogP contribution in [0.25, 0.3) is 0 Å². The Balaban J connectivity index is 2.29. The summed E-state index contributed by atoms with van der Waals surface area (Å²) in [6.07, 6.45) is 0. The van der Waals surface area contributed by atoms with Gasteiger partial charge in [-0.05, 0) is 40.2 Å². The van der Waals surface area contributed by atoms with Crippen LogP contribution in [0.1, 0.15) is 4.88 Å². The van der Waals surface area contributed by atoms with Crippen molar-refractivity contribution in [1.29, 1.82) is 0 Å². The summed E-state index contributed by atoms with van der Waals surface area (Å²) < 4.78 is 27.2. The van der Waals surface area contributed by atoms with Crippen molar-refractivity contribution in [3.63, 3.8) is 0 Å². The molecule has 0 aliphatic carbocycles. The van der Waals surface area contributed by atoms with Gasteiger partial charge in [0.05, 0.1) is 5.69 Å². The third-order valence-corrected chi connectivity index (χ3v) is 6.46. The molecule has 1 aromatic heterocycles. The van der Waals surface area contributed by atoms with Gasteiger partial charge in [-0.25, -0.2) is 8.42 Å². The molecule has 0 saturated carbocycles. The molecule has 1 heterocycles. The zero-order chi connectivity index (χ0) is 14.9. The van der Waals surface area contributed by atoms with Crippen LogP contribution in [0.2, 0.25) is 5.02 Å². The molecule has 2 N–H and O–H groups in total. The zero-order valence-corrected chi connectivity index (χ0v) is 14.5. The monoisotopic (exact) mass is 394 g/mol. The second-order valence-corrected chi connectivity index (χ2v) is 8.54. The maximum atomic E-state index is 12.5. The number of nitrogens with two attached hydrogens (primary N) is 1. The smallest absolute Gasteiger partial charge is 0.245 e. The lowest BCUT2D eigenvalue weighted by Crippen LogP contribution is -2.26. The number of thiophene rings is 1. The molecule has 0 spiro atoms. The van der Waals surface area contributed by atoms with E-state index in [2.05, 4.69) is 15.9 Å². The molecule has 0 bridgehead atoms. The molecule has 20 heavy (non-hydrogen) atoms. The Labute approximate surface area is 135 Å². The van der Waals surface area contributed by atoms with Crippen molar-refractivity contribution in [2.45, 2.75) is 11.4 Å². The first-order valence-electron chi connectivity index (χ1n) is 5.55. The number of hydrogen-bond donors (Lipinski definition) is 1. The van der Waals surface area contributed by atoms with E-state index in [1.165, 1.54) is 40.9 Å². The van der Waals surface area contributed by atoms with E-state index in [1.807, 2.05) is 11.4 Å². The lowest BCUT2D eigenvalue weighted by Gasteiger charge is -2.17. The summed E-state index contributed by atoms with van der Waals surface area (Å²) in [5.41, 5.74) is 5.90. The summed E-state index contributed by atoms with van der Waals surface area (Å²) in [7, 11) is -2.11. The summed E-state index contributed by atoms with van der Waals surface area (Å²) in [6, 6.07) is 6.26.